The topological polar surface area (TPSA) is 104 Å². The third-order valence-corrected chi connectivity index (χ3v) is 8.84. The molecule has 0 saturated carbocycles. The van der Waals surface area contributed by atoms with E-state index in [2.05, 4.69) is 4.99 Å². The molecule has 3 aromatic carbocycles. The molecule has 0 fully saturated rings. The lowest BCUT2D eigenvalue weighted by Gasteiger charge is -2.25. The van der Waals surface area contributed by atoms with E-state index in [9.17, 15) is 19.7 Å². The van der Waals surface area contributed by atoms with Gasteiger partial charge >= 0.3 is 5.97 Å². The number of halogens is 1. The molecule has 4 aromatic rings. The van der Waals surface area contributed by atoms with Crippen molar-refractivity contribution < 1.29 is 14.5 Å². The minimum atomic E-state index is -0.844. The summed E-state index contributed by atoms with van der Waals surface area (Å²) < 4.78 is 7.06. The zero-order chi connectivity index (χ0) is 29.3. The van der Waals surface area contributed by atoms with Crippen molar-refractivity contribution in [1.29, 1.82) is 0 Å². The van der Waals surface area contributed by atoms with E-state index in [4.69, 9.17) is 16.3 Å². The molecule has 1 aliphatic rings. The lowest BCUT2D eigenvalue weighted by Crippen LogP contribution is -2.40. The number of carbonyl (C=O) groups is 1. The fourth-order valence-electron chi connectivity index (χ4n) is 4.52. The Labute approximate surface area is 248 Å². The highest BCUT2D eigenvalue weighted by Gasteiger charge is 2.34. The second-order valence-electron chi connectivity index (χ2n) is 9.22. The van der Waals surface area contributed by atoms with Crippen molar-refractivity contribution >= 4 is 52.4 Å². The number of aromatic nitrogens is 1. The van der Waals surface area contributed by atoms with Crippen LogP contribution in [0.3, 0.4) is 0 Å². The third-order valence-electron chi connectivity index (χ3n) is 6.44. The summed E-state index contributed by atoms with van der Waals surface area (Å²) in [5, 5.41) is 12.3. The number of nitro groups is 1. The molecule has 5 rings (SSSR count). The zero-order valence-corrected chi connectivity index (χ0v) is 24.7. The molecule has 1 atom stereocenters. The molecule has 41 heavy (non-hydrogen) atoms. The Morgan fingerprint density at radius 3 is 2.59 bits per heavy atom. The monoisotopic (exact) mass is 605 g/mol. The van der Waals surface area contributed by atoms with Gasteiger partial charge in [-0.05, 0) is 62.2 Å². The Hall–Kier alpha value is -3.99. The number of fused-ring (bicyclic) bond motifs is 1. The smallest absolute Gasteiger partial charge is 0.338 e. The van der Waals surface area contributed by atoms with Crippen molar-refractivity contribution in [1.82, 2.24) is 4.57 Å². The molecule has 1 aromatic heterocycles. The van der Waals surface area contributed by atoms with Crippen LogP contribution in [-0.4, -0.2) is 22.1 Å². The van der Waals surface area contributed by atoms with Gasteiger partial charge < -0.3 is 4.74 Å². The maximum atomic E-state index is 13.8. The summed E-state index contributed by atoms with van der Waals surface area (Å²) in [4.78, 5) is 44.7. The molecule has 0 N–H and O–H groups in total. The van der Waals surface area contributed by atoms with Crippen molar-refractivity contribution in [2.75, 3.05) is 6.61 Å². The first-order chi connectivity index (χ1) is 19.7. The Bertz CT molecular complexity index is 1890. The molecule has 11 heteroatoms. The van der Waals surface area contributed by atoms with Crippen LogP contribution in [0, 0.1) is 17.0 Å². The van der Waals surface area contributed by atoms with Crippen LogP contribution < -0.4 is 14.9 Å². The highest BCUT2D eigenvalue weighted by Crippen LogP contribution is 2.36. The van der Waals surface area contributed by atoms with Crippen LogP contribution in [0.25, 0.3) is 6.08 Å². The van der Waals surface area contributed by atoms with Crippen molar-refractivity contribution in [3.8, 4) is 0 Å². The van der Waals surface area contributed by atoms with Crippen molar-refractivity contribution in [3.63, 3.8) is 0 Å². The van der Waals surface area contributed by atoms with Gasteiger partial charge in [0.2, 0.25) is 0 Å². The third kappa shape index (κ3) is 5.76. The van der Waals surface area contributed by atoms with Crippen molar-refractivity contribution in [3.05, 3.63) is 130 Å². The van der Waals surface area contributed by atoms with Gasteiger partial charge in [-0.2, -0.15) is 0 Å². The molecule has 0 amide bonds. The second-order valence-corrected chi connectivity index (χ2v) is 11.8. The number of nitrogens with zero attached hydrogens (tertiary/aromatic N) is 3. The number of hydrogen-bond donors (Lipinski definition) is 0. The van der Waals surface area contributed by atoms with E-state index in [1.165, 1.54) is 22.4 Å². The van der Waals surface area contributed by atoms with Crippen LogP contribution in [0.5, 0.6) is 0 Å². The summed E-state index contributed by atoms with van der Waals surface area (Å²) >= 11 is 8.98. The molecule has 1 unspecified atom stereocenters. The summed E-state index contributed by atoms with van der Waals surface area (Å²) in [6.07, 6.45) is 1.60. The minimum Gasteiger partial charge on any atom is -0.463 e. The highest BCUT2D eigenvalue weighted by molar-refractivity contribution is 7.99. The predicted molar refractivity (Wildman–Crippen MR) is 160 cm³/mol. The van der Waals surface area contributed by atoms with Crippen LogP contribution in [0.1, 0.15) is 36.6 Å². The largest absolute Gasteiger partial charge is 0.463 e. The van der Waals surface area contributed by atoms with Gasteiger partial charge in [-0.15, -0.1) is 0 Å². The number of carbonyl (C=O) groups excluding carboxylic acids is 1. The van der Waals surface area contributed by atoms with Crippen LogP contribution >= 0.6 is 34.7 Å². The van der Waals surface area contributed by atoms with Gasteiger partial charge in [-0.25, -0.2) is 9.79 Å². The Kier molecular flexibility index (Phi) is 8.25. The molecular formula is C30H24ClN3O5S2. The molecule has 208 valence electrons. The molecule has 8 nitrogen and oxygen atoms in total. The fourth-order valence-corrected chi connectivity index (χ4v) is 6.71. The van der Waals surface area contributed by atoms with E-state index in [0.29, 0.717) is 36.1 Å². The lowest BCUT2D eigenvalue weighted by atomic mass is 9.96. The normalized spacial score (nSPS) is 14.9. The molecule has 0 radical (unpaired) electrons. The van der Waals surface area contributed by atoms with Gasteiger partial charge in [0.25, 0.3) is 11.2 Å². The fraction of sp³-hybridized carbons (Fsp3) is 0.167. The number of esters is 1. The van der Waals surface area contributed by atoms with E-state index in [-0.39, 0.29) is 17.9 Å². The average molecular weight is 606 g/mol. The minimum absolute atomic E-state index is 0.0634. The van der Waals surface area contributed by atoms with Gasteiger partial charge in [0, 0.05) is 16.0 Å². The zero-order valence-electron chi connectivity index (χ0n) is 22.3. The van der Waals surface area contributed by atoms with Gasteiger partial charge in [0.05, 0.1) is 32.2 Å². The van der Waals surface area contributed by atoms with E-state index in [1.807, 2.05) is 31.2 Å². The van der Waals surface area contributed by atoms with E-state index < -0.39 is 22.5 Å². The molecule has 0 spiro atoms. The van der Waals surface area contributed by atoms with Crippen molar-refractivity contribution in [2.24, 2.45) is 4.99 Å². The van der Waals surface area contributed by atoms with Gasteiger partial charge in [-0.1, -0.05) is 76.7 Å². The standard InChI is InChI=1S/C30H24ClN3O5S2/c1-4-39-29(36)26-18(3)32-30-33(27(26)21-7-5-6-8-22(21)31)28(35)25(41-30)16-19-11-14-24(23(15-19)34(37)38)40-20-12-9-17(2)10-13-20/h5-16,27H,4H2,1-3H3/b25-16+. The number of rotatable bonds is 7. The maximum absolute atomic E-state index is 13.8. The van der Waals surface area contributed by atoms with E-state index >= 15 is 0 Å². The summed E-state index contributed by atoms with van der Waals surface area (Å²) in [6, 6.07) is 18.8. The first-order valence-corrected chi connectivity index (χ1v) is 14.7. The quantitative estimate of drug-likeness (QED) is 0.149. The number of benzene rings is 3. The van der Waals surface area contributed by atoms with Gasteiger partial charge in [0.15, 0.2) is 4.80 Å². The molecule has 0 saturated heterocycles. The van der Waals surface area contributed by atoms with Crippen molar-refractivity contribution in [2.45, 2.75) is 36.6 Å². The van der Waals surface area contributed by atoms with Crippen LogP contribution in [-0.2, 0) is 9.53 Å². The van der Waals surface area contributed by atoms with Crippen LogP contribution in [0.2, 0.25) is 5.02 Å². The number of allylic oxidation sites excluding steroid dienone is 1. The van der Waals surface area contributed by atoms with Gasteiger partial charge in [-0.3, -0.25) is 19.5 Å². The Morgan fingerprint density at radius 2 is 1.90 bits per heavy atom. The Morgan fingerprint density at radius 1 is 1.17 bits per heavy atom. The lowest BCUT2D eigenvalue weighted by molar-refractivity contribution is -0.387. The number of thiazole rings is 1. The predicted octanol–water partition coefficient (Wildman–Crippen LogP) is 5.82. The second kappa shape index (κ2) is 11.9. The van der Waals surface area contributed by atoms with Crippen LogP contribution in [0.4, 0.5) is 5.69 Å². The number of aryl methyl sites for hydroxylation is 1. The molecule has 0 bridgehead atoms. The molecular weight excluding hydrogens is 582 g/mol. The van der Waals surface area contributed by atoms with E-state index in [1.54, 1.807) is 56.3 Å². The SMILES string of the molecule is CCOC(=O)C1=C(C)N=c2s/c(=C/c3ccc(Sc4ccc(C)cc4)c([N+](=O)[O-])c3)c(=O)n2C1c1ccccc1Cl. The van der Waals surface area contributed by atoms with Crippen LogP contribution in [0.15, 0.2) is 97.6 Å². The first kappa shape index (κ1) is 28.5. The molecule has 1 aliphatic heterocycles. The van der Waals surface area contributed by atoms with E-state index in [0.717, 1.165) is 21.8 Å². The summed E-state index contributed by atoms with van der Waals surface area (Å²) in [5.74, 6) is -0.578. The summed E-state index contributed by atoms with van der Waals surface area (Å²) in [7, 11) is 0. The molecule has 0 aliphatic carbocycles. The summed E-state index contributed by atoms with van der Waals surface area (Å²) in [5.41, 5.74) is 2.35. The maximum Gasteiger partial charge on any atom is 0.338 e. The Balaban J connectivity index is 1.62. The number of ether oxygens (including phenoxy) is 1. The number of nitro benzene ring substituents is 1. The molecule has 2 heterocycles. The average Bonchev–Trinajstić information content (AvgIpc) is 3.24. The van der Waals surface area contributed by atoms with Gasteiger partial charge in [0.1, 0.15) is 6.04 Å². The first-order valence-electron chi connectivity index (χ1n) is 12.6. The summed E-state index contributed by atoms with van der Waals surface area (Å²) in [6.45, 7) is 5.54. The highest BCUT2D eigenvalue weighted by atomic mass is 35.5. The number of hydrogen-bond acceptors (Lipinski definition) is 8.